The van der Waals surface area contributed by atoms with Crippen LogP contribution in [0.15, 0.2) is 29.3 Å². The molecule has 0 aliphatic heterocycles. The first-order valence-electron chi connectivity index (χ1n) is 8.51. The normalized spacial score (nSPS) is 11.4. The summed E-state index contributed by atoms with van der Waals surface area (Å²) in [6.45, 7) is 4.88. The number of likely N-dealkylation sites (N-methyl/N-ethyl adjacent to an activating group) is 2. The number of benzene rings is 1. The van der Waals surface area contributed by atoms with Crippen molar-refractivity contribution in [2.75, 3.05) is 54.4 Å². The van der Waals surface area contributed by atoms with Gasteiger partial charge in [0.1, 0.15) is 12.4 Å². The number of nitrogens with zero attached hydrogens (tertiary/aromatic N) is 3. The minimum Gasteiger partial charge on any atom is -0.492 e. The number of rotatable bonds is 9. The number of carbonyl (C=O) groups excluding carboxylic acids is 1. The number of amides is 1. The summed E-state index contributed by atoms with van der Waals surface area (Å²) < 4.78 is 5.86. The lowest BCUT2D eigenvalue weighted by Gasteiger charge is -2.15. The minimum atomic E-state index is -0.00183. The monoisotopic (exact) mass is 349 g/mol. The number of hydrogen-bond acceptors (Lipinski definition) is 4. The fourth-order valence-corrected chi connectivity index (χ4v) is 1.94. The SMILES string of the molecule is CCNC(=NCc1ccccc1OCCN(C)C)NCC(=O)N(C)C. The zero-order valence-electron chi connectivity index (χ0n) is 16.0. The van der Waals surface area contributed by atoms with Gasteiger partial charge in [0.05, 0.1) is 13.1 Å². The summed E-state index contributed by atoms with van der Waals surface area (Å²) in [6, 6.07) is 7.89. The van der Waals surface area contributed by atoms with Crippen molar-refractivity contribution in [2.24, 2.45) is 4.99 Å². The van der Waals surface area contributed by atoms with Gasteiger partial charge in [-0.2, -0.15) is 0 Å². The molecule has 0 aliphatic carbocycles. The predicted octanol–water partition coefficient (Wildman–Crippen LogP) is 0.770. The molecule has 1 amide bonds. The molecule has 0 aliphatic rings. The summed E-state index contributed by atoms with van der Waals surface area (Å²) in [5.74, 6) is 1.45. The highest BCUT2D eigenvalue weighted by atomic mass is 16.5. The van der Waals surface area contributed by atoms with E-state index in [4.69, 9.17) is 4.74 Å². The van der Waals surface area contributed by atoms with E-state index in [1.165, 1.54) is 0 Å². The van der Waals surface area contributed by atoms with Crippen molar-refractivity contribution < 1.29 is 9.53 Å². The maximum atomic E-state index is 11.7. The first kappa shape index (κ1) is 20.8. The molecule has 1 aromatic rings. The number of para-hydroxylation sites is 1. The third kappa shape index (κ3) is 8.39. The average Bonchev–Trinajstić information content (AvgIpc) is 2.57. The fourth-order valence-electron chi connectivity index (χ4n) is 1.94. The summed E-state index contributed by atoms with van der Waals surface area (Å²) in [4.78, 5) is 19.9. The molecule has 0 saturated heterocycles. The van der Waals surface area contributed by atoms with Gasteiger partial charge in [-0.15, -0.1) is 0 Å². The zero-order chi connectivity index (χ0) is 18.7. The van der Waals surface area contributed by atoms with E-state index in [2.05, 4.69) is 20.5 Å². The van der Waals surface area contributed by atoms with E-state index < -0.39 is 0 Å². The van der Waals surface area contributed by atoms with Crippen molar-refractivity contribution in [3.63, 3.8) is 0 Å². The van der Waals surface area contributed by atoms with Crippen molar-refractivity contribution in [1.82, 2.24) is 20.4 Å². The Kier molecular flexibility index (Phi) is 9.39. The first-order valence-corrected chi connectivity index (χ1v) is 8.51. The van der Waals surface area contributed by atoms with Gasteiger partial charge in [0, 0.05) is 32.7 Å². The zero-order valence-corrected chi connectivity index (χ0v) is 16.0. The molecule has 0 unspecified atom stereocenters. The number of ether oxygens (including phenoxy) is 1. The Labute approximate surface area is 151 Å². The number of carbonyl (C=O) groups is 1. The lowest BCUT2D eigenvalue weighted by molar-refractivity contribution is -0.127. The first-order chi connectivity index (χ1) is 11.9. The number of aliphatic imine (C=N–C) groups is 1. The van der Waals surface area contributed by atoms with Crippen molar-refractivity contribution in [3.8, 4) is 5.75 Å². The van der Waals surface area contributed by atoms with Crippen LogP contribution in [-0.4, -0.2) is 76.1 Å². The van der Waals surface area contributed by atoms with Crippen molar-refractivity contribution in [1.29, 1.82) is 0 Å². The molecule has 7 heteroatoms. The van der Waals surface area contributed by atoms with Crippen LogP contribution in [0.5, 0.6) is 5.75 Å². The summed E-state index contributed by atoms with van der Waals surface area (Å²) in [6.07, 6.45) is 0. The second-order valence-corrected chi connectivity index (χ2v) is 6.10. The van der Waals surface area contributed by atoms with Crippen LogP contribution in [-0.2, 0) is 11.3 Å². The molecule has 0 heterocycles. The molecular weight excluding hydrogens is 318 g/mol. The molecule has 2 N–H and O–H groups in total. The van der Waals surface area contributed by atoms with Gasteiger partial charge < -0.3 is 25.2 Å². The average molecular weight is 349 g/mol. The Bertz CT molecular complexity index is 558. The predicted molar refractivity (Wildman–Crippen MR) is 102 cm³/mol. The maximum Gasteiger partial charge on any atom is 0.241 e. The summed E-state index contributed by atoms with van der Waals surface area (Å²) in [7, 11) is 7.50. The lowest BCUT2D eigenvalue weighted by Crippen LogP contribution is -2.42. The van der Waals surface area contributed by atoms with Gasteiger partial charge in [-0.3, -0.25) is 4.79 Å². The Morgan fingerprint density at radius 3 is 2.52 bits per heavy atom. The standard InChI is InChI=1S/C18H31N5O2/c1-6-19-18(21-14-17(24)23(4)5)20-13-15-9-7-8-10-16(15)25-12-11-22(2)3/h7-10H,6,11-14H2,1-5H3,(H2,19,20,21). The molecule has 25 heavy (non-hydrogen) atoms. The van der Waals surface area contributed by atoms with Gasteiger partial charge in [0.2, 0.25) is 5.91 Å². The molecule has 0 atom stereocenters. The largest absolute Gasteiger partial charge is 0.492 e. The van der Waals surface area contributed by atoms with Gasteiger partial charge >= 0.3 is 0 Å². The van der Waals surface area contributed by atoms with E-state index in [0.29, 0.717) is 19.1 Å². The van der Waals surface area contributed by atoms with Crippen LogP contribution in [0, 0.1) is 0 Å². The van der Waals surface area contributed by atoms with Gasteiger partial charge in [-0.05, 0) is 27.1 Å². The second kappa shape index (κ2) is 11.3. The van der Waals surface area contributed by atoms with Crippen LogP contribution >= 0.6 is 0 Å². The van der Waals surface area contributed by atoms with Crippen LogP contribution in [0.2, 0.25) is 0 Å². The Morgan fingerprint density at radius 1 is 1.16 bits per heavy atom. The van der Waals surface area contributed by atoms with Crippen molar-refractivity contribution in [3.05, 3.63) is 29.8 Å². The van der Waals surface area contributed by atoms with Gasteiger partial charge in [0.25, 0.3) is 0 Å². The number of guanidine groups is 1. The van der Waals surface area contributed by atoms with Crippen molar-refractivity contribution in [2.45, 2.75) is 13.5 Å². The number of nitrogens with one attached hydrogen (secondary N) is 2. The van der Waals surface area contributed by atoms with Crippen molar-refractivity contribution >= 4 is 11.9 Å². The molecule has 1 rings (SSSR count). The van der Waals surface area contributed by atoms with E-state index in [0.717, 1.165) is 24.4 Å². The highest BCUT2D eigenvalue weighted by molar-refractivity contribution is 5.86. The molecular formula is C18H31N5O2. The van der Waals surface area contributed by atoms with E-state index in [-0.39, 0.29) is 12.5 Å². The van der Waals surface area contributed by atoms with Crippen LogP contribution < -0.4 is 15.4 Å². The molecule has 0 bridgehead atoms. The Morgan fingerprint density at radius 2 is 1.88 bits per heavy atom. The number of hydrogen-bond donors (Lipinski definition) is 2. The minimum absolute atomic E-state index is 0.00183. The summed E-state index contributed by atoms with van der Waals surface area (Å²) >= 11 is 0. The molecule has 0 fully saturated rings. The quantitative estimate of drug-likeness (QED) is 0.509. The van der Waals surface area contributed by atoms with Gasteiger partial charge in [-0.1, -0.05) is 18.2 Å². The molecule has 0 spiro atoms. The van der Waals surface area contributed by atoms with E-state index in [1.54, 1.807) is 19.0 Å². The van der Waals surface area contributed by atoms with Gasteiger partial charge in [-0.25, -0.2) is 4.99 Å². The molecule has 0 saturated carbocycles. The fraction of sp³-hybridized carbons (Fsp3) is 0.556. The van der Waals surface area contributed by atoms with Crippen LogP contribution in [0.3, 0.4) is 0 Å². The van der Waals surface area contributed by atoms with E-state index in [1.807, 2.05) is 45.3 Å². The maximum absolute atomic E-state index is 11.7. The smallest absolute Gasteiger partial charge is 0.241 e. The molecule has 140 valence electrons. The molecule has 7 nitrogen and oxygen atoms in total. The van der Waals surface area contributed by atoms with Gasteiger partial charge in [0.15, 0.2) is 5.96 Å². The van der Waals surface area contributed by atoms with Crippen LogP contribution in [0.25, 0.3) is 0 Å². The van der Waals surface area contributed by atoms with E-state index >= 15 is 0 Å². The Balaban J connectivity index is 2.70. The summed E-state index contributed by atoms with van der Waals surface area (Å²) in [5, 5.41) is 6.20. The third-order valence-corrected chi connectivity index (χ3v) is 3.43. The topological polar surface area (TPSA) is 69.2 Å². The molecule has 0 aromatic heterocycles. The Hall–Kier alpha value is -2.28. The molecule has 1 aromatic carbocycles. The molecule has 0 radical (unpaired) electrons. The summed E-state index contributed by atoms with van der Waals surface area (Å²) in [5.41, 5.74) is 1.01. The van der Waals surface area contributed by atoms with E-state index in [9.17, 15) is 4.79 Å². The van der Waals surface area contributed by atoms with Crippen LogP contribution in [0.1, 0.15) is 12.5 Å². The highest BCUT2D eigenvalue weighted by Crippen LogP contribution is 2.18. The highest BCUT2D eigenvalue weighted by Gasteiger charge is 2.07. The lowest BCUT2D eigenvalue weighted by atomic mass is 10.2. The third-order valence-electron chi connectivity index (χ3n) is 3.43. The van der Waals surface area contributed by atoms with Crippen LogP contribution in [0.4, 0.5) is 0 Å². The second-order valence-electron chi connectivity index (χ2n) is 6.10.